The number of carbonyl (C=O) groups is 1. The average Bonchev–Trinajstić information content (AvgIpc) is 2.64. The molecule has 0 aromatic rings. The van der Waals surface area contributed by atoms with Crippen LogP contribution in [0.3, 0.4) is 0 Å². The van der Waals surface area contributed by atoms with Crippen LogP contribution in [0.15, 0.2) is 0 Å². The van der Waals surface area contributed by atoms with E-state index in [0.29, 0.717) is 13.1 Å². The van der Waals surface area contributed by atoms with E-state index in [2.05, 4.69) is 19.2 Å². The summed E-state index contributed by atoms with van der Waals surface area (Å²) in [5, 5.41) is 12.4. The van der Waals surface area contributed by atoms with E-state index in [0.717, 1.165) is 19.4 Å². The Balaban J connectivity index is 2.11. The number of nitrogens with zero attached hydrogens (tertiary/aromatic N) is 1. The van der Waals surface area contributed by atoms with Crippen molar-refractivity contribution in [3.63, 3.8) is 0 Å². The fourth-order valence-corrected chi connectivity index (χ4v) is 2.25. The molecule has 0 bridgehead atoms. The van der Waals surface area contributed by atoms with E-state index in [1.54, 1.807) is 0 Å². The maximum absolute atomic E-state index is 11.7. The summed E-state index contributed by atoms with van der Waals surface area (Å²) in [4.78, 5) is 13.7. The molecule has 2 atom stereocenters. The number of aliphatic hydroxyl groups is 1. The van der Waals surface area contributed by atoms with Gasteiger partial charge in [0.2, 0.25) is 5.91 Å². The second-order valence-electron chi connectivity index (χ2n) is 5.14. The number of nitrogens with one attached hydrogen (secondary N) is 1. The molecule has 0 aliphatic carbocycles. The molecule has 1 aliphatic rings. The van der Waals surface area contributed by atoms with Crippen molar-refractivity contribution in [3.05, 3.63) is 0 Å². The van der Waals surface area contributed by atoms with Gasteiger partial charge in [0, 0.05) is 19.1 Å². The number of aliphatic hydroxyl groups excluding tert-OH is 1. The van der Waals surface area contributed by atoms with E-state index >= 15 is 0 Å². The van der Waals surface area contributed by atoms with Gasteiger partial charge >= 0.3 is 0 Å². The molecule has 4 nitrogen and oxygen atoms in total. The fourth-order valence-electron chi connectivity index (χ4n) is 2.25. The molecule has 1 saturated heterocycles. The van der Waals surface area contributed by atoms with E-state index < -0.39 is 0 Å². The molecule has 1 amide bonds. The molecule has 0 saturated carbocycles. The normalized spacial score (nSPS) is 22.6. The summed E-state index contributed by atoms with van der Waals surface area (Å²) in [7, 11) is 0. The number of unbranched alkanes of at least 4 members (excludes halogenated alkanes) is 2. The monoisotopic (exact) mass is 242 g/mol. The van der Waals surface area contributed by atoms with Crippen LogP contribution in [0, 0.1) is 0 Å². The zero-order chi connectivity index (χ0) is 12.7. The highest BCUT2D eigenvalue weighted by molar-refractivity contribution is 5.78. The highest BCUT2D eigenvalue weighted by atomic mass is 16.3. The van der Waals surface area contributed by atoms with Gasteiger partial charge in [-0.2, -0.15) is 0 Å². The molecule has 0 aromatic carbocycles. The zero-order valence-corrected chi connectivity index (χ0v) is 11.1. The summed E-state index contributed by atoms with van der Waals surface area (Å²) in [6.07, 6.45) is 5.23. The minimum Gasteiger partial charge on any atom is -0.392 e. The molecule has 0 spiro atoms. The fraction of sp³-hybridized carbons (Fsp3) is 0.923. The molecule has 1 aliphatic heterocycles. The van der Waals surface area contributed by atoms with Gasteiger partial charge in [-0.05, 0) is 19.8 Å². The predicted octanol–water partition coefficient (Wildman–Crippen LogP) is 1.14. The smallest absolute Gasteiger partial charge is 0.234 e. The molecule has 17 heavy (non-hydrogen) atoms. The van der Waals surface area contributed by atoms with Gasteiger partial charge in [0.25, 0.3) is 0 Å². The van der Waals surface area contributed by atoms with Crippen molar-refractivity contribution in [2.45, 2.75) is 58.1 Å². The number of hydrogen-bond donors (Lipinski definition) is 2. The van der Waals surface area contributed by atoms with Crippen LogP contribution in [0.25, 0.3) is 0 Å². The Bertz CT molecular complexity index is 233. The Labute approximate surface area is 104 Å². The molecule has 0 aromatic heterocycles. The zero-order valence-electron chi connectivity index (χ0n) is 11.1. The van der Waals surface area contributed by atoms with Gasteiger partial charge in [0.1, 0.15) is 0 Å². The van der Waals surface area contributed by atoms with Crippen molar-refractivity contribution < 1.29 is 9.90 Å². The van der Waals surface area contributed by atoms with Crippen molar-refractivity contribution >= 4 is 5.91 Å². The second-order valence-corrected chi connectivity index (χ2v) is 5.14. The van der Waals surface area contributed by atoms with Crippen LogP contribution in [0.2, 0.25) is 0 Å². The minimum atomic E-state index is -0.246. The van der Waals surface area contributed by atoms with Crippen LogP contribution in [0.1, 0.15) is 46.0 Å². The Morgan fingerprint density at radius 3 is 2.88 bits per heavy atom. The van der Waals surface area contributed by atoms with Crippen LogP contribution in [-0.2, 0) is 4.79 Å². The topological polar surface area (TPSA) is 52.6 Å². The molecule has 1 heterocycles. The third-order valence-corrected chi connectivity index (χ3v) is 3.26. The number of β-amino-alcohol motifs (C(OH)–C–C–N with tert-alkyl or cyclic N) is 1. The van der Waals surface area contributed by atoms with E-state index in [4.69, 9.17) is 0 Å². The maximum atomic E-state index is 11.7. The SMILES string of the molecule is CCCCCC(C)NC(=O)CN1CCC(O)C1. The molecule has 0 radical (unpaired) electrons. The lowest BCUT2D eigenvalue weighted by molar-refractivity contribution is -0.122. The third-order valence-electron chi connectivity index (χ3n) is 3.26. The Morgan fingerprint density at radius 1 is 1.53 bits per heavy atom. The highest BCUT2D eigenvalue weighted by Crippen LogP contribution is 2.08. The van der Waals surface area contributed by atoms with Crippen molar-refractivity contribution in [1.82, 2.24) is 10.2 Å². The van der Waals surface area contributed by atoms with E-state index in [-0.39, 0.29) is 18.1 Å². The number of likely N-dealkylation sites (tertiary alicyclic amines) is 1. The van der Waals surface area contributed by atoms with Crippen molar-refractivity contribution in [3.8, 4) is 0 Å². The van der Waals surface area contributed by atoms with Gasteiger partial charge in [-0.25, -0.2) is 0 Å². The summed E-state index contributed by atoms with van der Waals surface area (Å²) in [6.45, 7) is 6.14. The molecule has 2 unspecified atom stereocenters. The van der Waals surface area contributed by atoms with Crippen molar-refractivity contribution in [1.29, 1.82) is 0 Å². The van der Waals surface area contributed by atoms with Gasteiger partial charge in [0.15, 0.2) is 0 Å². The molecular weight excluding hydrogens is 216 g/mol. The molecule has 2 N–H and O–H groups in total. The largest absolute Gasteiger partial charge is 0.392 e. The minimum absolute atomic E-state index is 0.0862. The lowest BCUT2D eigenvalue weighted by atomic mass is 10.1. The predicted molar refractivity (Wildman–Crippen MR) is 68.8 cm³/mol. The molecule has 100 valence electrons. The molecule has 4 heteroatoms. The Kier molecular flexibility index (Phi) is 6.52. The Hall–Kier alpha value is -0.610. The lowest BCUT2D eigenvalue weighted by Gasteiger charge is -2.18. The number of hydrogen-bond acceptors (Lipinski definition) is 3. The van der Waals surface area contributed by atoms with Crippen molar-refractivity contribution in [2.24, 2.45) is 0 Å². The maximum Gasteiger partial charge on any atom is 0.234 e. The first-order valence-electron chi connectivity index (χ1n) is 6.81. The first kappa shape index (κ1) is 14.5. The molecule has 1 fully saturated rings. The van der Waals surface area contributed by atoms with Crippen LogP contribution >= 0.6 is 0 Å². The standard InChI is InChI=1S/C13H26N2O2/c1-3-4-5-6-11(2)14-13(17)10-15-8-7-12(16)9-15/h11-12,16H,3-10H2,1-2H3,(H,14,17). The van der Waals surface area contributed by atoms with Gasteiger partial charge in [0.05, 0.1) is 12.6 Å². The van der Waals surface area contributed by atoms with E-state index in [9.17, 15) is 9.90 Å². The summed E-state index contributed by atoms with van der Waals surface area (Å²) < 4.78 is 0. The quantitative estimate of drug-likeness (QED) is 0.658. The van der Waals surface area contributed by atoms with Gasteiger partial charge in [-0.1, -0.05) is 26.2 Å². The molecular formula is C13H26N2O2. The summed E-state index contributed by atoms with van der Waals surface area (Å²) in [5.74, 6) is 0.0862. The van der Waals surface area contributed by atoms with Crippen molar-refractivity contribution in [2.75, 3.05) is 19.6 Å². The first-order valence-corrected chi connectivity index (χ1v) is 6.81. The van der Waals surface area contributed by atoms with Crippen LogP contribution in [-0.4, -0.2) is 47.7 Å². The average molecular weight is 242 g/mol. The number of rotatable bonds is 7. The number of amides is 1. The van der Waals surface area contributed by atoms with Gasteiger partial charge in [-0.15, -0.1) is 0 Å². The number of carbonyl (C=O) groups excluding carboxylic acids is 1. The van der Waals surface area contributed by atoms with Crippen LogP contribution < -0.4 is 5.32 Å². The van der Waals surface area contributed by atoms with Gasteiger partial charge < -0.3 is 10.4 Å². The van der Waals surface area contributed by atoms with E-state index in [1.807, 2.05) is 4.90 Å². The Morgan fingerprint density at radius 2 is 2.29 bits per heavy atom. The summed E-state index contributed by atoms with van der Waals surface area (Å²) in [6, 6.07) is 0.265. The highest BCUT2D eigenvalue weighted by Gasteiger charge is 2.22. The van der Waals surface area contributed by atoms with Crippen LogP contribution in [0.4, 0.5) is 0 Å². The van der Waals surface area contributed by atoms with Gasteiger partial charge in [-0.3, -0.25) is 9.69 Å². The first-order chi connectivity index (χ1) is 8.11. The second kappa shape index (κ2) is 7.67. The third kappa shape index (κ3) is 6.03. The lowest BCUT2D eigenvalue weighted by Crippen LogP contribution is -2.40. The van der Waals surface area contributed by atoms with Crippen LogP contribution in [0.5, 0.6) is 0 Å². The molecule has 1 rings (SSSR count). The summed E-state index contributed by atoms with van der Waals surface area (Å²) >= 11 is 0. The summed E-state index contributed by atoms with van der Waals surface area (Å²) in [5.41, 5.74) is 0. The van der Waals surface area contributed by atoms with E-state index in [1.165, 1.54) is 19.3 Å².